The lowest BCUT2D eigenvalue weighted by atomic mass is 10.1. The zero-order valence-corrected chi connectivity index (χ0v) is 20.9. The van der Waals surface area contributed by atoms with Crippen molar-refractivity contribution < 1.29 is 22.8 Å². The van der Waals surface area contributed by atoms with Gasteiger partial charge >= 0.3 is 6.18 Å². The fourth-order valence-corrected chi connectivity index (χ4v) is 4.87. The molecule has 0 radical (unpaired) electrons. The number of hydrogen-bond donors (Lipinski definition) is 2. The number of anilines is 2. The molecule has 8 nitrogen and oxygen atoms in total. The average molecular weight is 559 g/mol. The molecule has 0 unspecified atom stereocenters. The van der Waals surface area contributed by atoms with Crippen LogP contribution in [0.1, 0.15) is 50.0 Å². The van der Waals surface area contributed by atoms with Crippen molar-refractivity contribution in [1.82, 2.24) is 20.3 Å². The molecule has 0 atom stereocenters. The second-order valence-corrected chi connectivity index (χ2v) is 9.76. The number of aromatic nitrogens is 3. The summed E-state index contributed by atoms with van der Waals surface area (Å²) in [5.74, 6) is -0.658. The Morgan fingerprint density at radius 3 is 2.53 bits per heavy atom. The number of carbonyl (C=O) groups is 2. The normalized spacial score (nSPS) is 14.0. The van der Waals surface area contributed by atoms with E-state index >= 15 is 0 Å². The predicted molar refractivity (Wildman–Crippen MR) is 131 cm³/mol. The number of carbonyl (C=O) groups excluding carboxylic acids is 2. The van der Waals surface area contributed by atoms with Crippen molar-refractivity contribution in [1.29, 1.82) is 0 Å². The molecule has 2 N–H and O–H groups in total. The summed E-state index contributed by atoms with van der Waals surface area (Å²) in [6.45, 7) is 1.60. The third-order valence-corrected chi connectivity index (χ3v) is 7.02. The second-order valence-electron chi connectivity index (χ2n) is 7.86. The summed E-state index contributed by atoms with van der Waals surface area (Å²) >= 11 is 13.0. The molecule has 14 heteroatoms. The third kappa shape index (κ3) is 6.05. The monoisotopic (exact) mass is 558 g/mol. The summed E-state index contributed by atoms with van der Waals surface area (Å²) in [5, 5.41) is 5.16. The molecule has 0 saturated carbocycles. The van der Waals surface area contributed by atoms with Crippen LogP contribution in [0.4, 0.5) is 24.7 Å². The van der Waals surface area contributed by atoms with E-state index in [0.29, 0.717) is 10.8 Å². The Bertz CT molecular complexity index is 1280. The van der Waals surface area contributed by atoms with Gasteiger partial charge in [-0.05, 0) is 37.5 Å². The lowest BCUT2D eigenvalue weighted by Crippen LogP contribution is -2.31. The number of hydrogen-bond acceptors (Lipinski definition) is 7. The Labute approximate surface area is 217 Å². The van der Waals surface area contributed by atoms with Gasteiger partial charge in [0, 0.05) is 18.8 Å². The van der Waals surface area contributed by atoms with Crippen LogP contribution in [0.3, 0.4) is 0 Å². The Morgan fingerprint density at radius 1 is 1.06 bits per heavy atom. The largest absolute Gasteiger partial charge is 0.417 e. The first-order chi connectivity index (χ1) is 17.1. The zero-order chi connectivity index (χ0) is 25.9. The first kappa shape index (κ1) is 26.1. The molecule has 2 aromatic heterocycles. The van der Waals surface area contributed by atoms with E-state index in [-0.39, 0.29) is 27.8 Å². The van der Waals surface area contributed by atoms with Crippen LogP contribution in [0.5, 0.6) is 0 Å². The van der Waals surface area contributed by atoms with Gasteiger partial charge in [-0.1, -0.05) is 23.2 Å². The van der Waals surface area contributed by atoms with Gasteiger partial charge in [-0.3, -0.25) is 9.59 Å². The Morgan fingerprint density at radius 2 is 1.81 bits per heavy atom. The van der Waals surface area contributed by atoms with Gasteiger partial charge in [-0.25, -0.2) is 15.0 Å². The molecule has 0 bridgehead atoms. The van der Waals surface area contributed by atoms with Gasteiger partial charge in [0.25, 0.3) is 11.8 Å². The molecule has 1 aliphatic rings. The van der Waals surface area contributed by atoms with Crippen molar-refractivity contribution >= 4 is 57.9 Å². The maximum Gasteiger partial charge on any atom is 0.417 e. The fourth-order valence-electron chi connectivity index (χ4n) is 3.59. The Kier molecular flexibility index (Phi) is 7.96. The average Bonchev–Trinajstić information content (AvgIpc) is 3.33. The van der Waals surface area contributed by atoms with Gasteiger partial charge < -0.3 is 15.5 Å². The van der Waals surface area contributed by atoms with Crippen LogP contribution in [0.2, 0.25) is 10.0 Å². The van der Waals surface area contributed by atoms with Gasteiger partial charge in [-0.2, -0.15) is 13.2 Å². The van der Waals surface area contributed by atoms with Crippen molar-refractivity contribution in [2.24, 2.45) is 0 Å². The number of amides is 2. The minimum Gasteiger partial charge on any atom is -0.355 e. The Hall–Kier alpha value is -2.96. The number of piperidine rings is 1. The molecule has 1 fully saturated rings. The van der Waals surface area contributed by atoms with E-state index in [2.05, 4.69) is 25.6 Å². The van der Waals surface area contributed by atoms with Gasteiger partial charge in [0.15, 0.2) is 11.5 Å². The zero-order valence-electron chi connectivity index (χ0n) is 18.5. The van der Waals surface area contributed by atoms with E-state index in [0.717, 1.165) is 55.8 Å². The molecule has 4 rings (SSSR count). The SMILES string of the molecule is O=C(Nc1ccc(Cl)c(C(F)(F)F)c1)c1cnc(CNC(=O)c2ncnc(N3CCCCC3)c2Cl)s1. The molecule has 190 valence electrons. The smallest absolute Gasteiger partial charge is 0.355 e. The molecular formula is C22H19Cl2F3N6O2S. The van der Waals surface area contributed by atoms with E-state index in [1.165, 1.54) is 18.6 Å². The van der Waals surface area contributed by atoms with Gasteiger partial charge in [0.2, 0.25) is 0 Å². The third-order valence-electron chi connectivity index (χ3n) is 5.35. The highest BCUT2D eigenvalue weighted by atomic mass is 35.5. The Balaban J connectivity index is 1.38. The summed E-state index contributed by atoms with van der Waals surface area (Å²) in [6.07, 6.45) is 1.07. The highest BCUT2D eigenvalue weighted by molar-refractivity contribution is 7.13. The maximum atomic E-state index is 13.0. The molecule has 1 aromatic carbocycles. The lowest BCUT2D eigenvalue weighted by molar-refractivity contribution is -0.137. The van der Waals surface area contributed by atoms with E-state index in [4.69, 9.17) is 23.2 Å². The van der Waals surface area contributed by atoms with Crippen LogP contribution in [-0.4, -0.2) is 39.9 Å². The molecule has 0 aliphatic carbocycles. The molecule has 1 saturated heterocycles. The highest BCUT2D eigenvalue weighted by Crippen LogP contribution is 2.36. The van der Waals surface area contributed by atoms with Crippen LogP contribution in [0.15, 0.2) is 30.7 Å². The first-order valence-corrected chi connectivity index (χ1v) is 12.4. The molecule has 1 aliphatic heterocycles. The molecule has 36 heavy (non-hydrogen) atoms. The van der Waals surface area contributed by atoms with Crippen molar-refractivity contribution in [3.8, 4) is 0 Å². The summed E-state index contributed by atoms with van der Waals surface area (Å²) in [5.41, 5.74) is -1.09. The number of rotatable bonds is 6. The van der Waals surface area contributed by atoms with E-state index in [1.54, 1.807) is 0 Å². The summed E-state index contributed by atoms with van der Waals surface area (Å²) in [6, 6.07) is 3.08. The molecule has 3 aromatic rings. The molecule has 3 heterocycles. The summed E-state index contributed by atoms with van der Waals surface area (Å²) < 4.78 is 39.1. The van der Waals surface area contributed by atoms with Gasteiger partial charge in [-0.15, -0.1) is 11.3 Å². The predicted octanol–water partition coefficient (Wildman–Crippen LogP) is 5.43. The minimum atomic E-state index is -4.66. The number of halogens is 5. The van der Waals surface area contributed by atoms with Crippen LogP contribution >= 0.6 is 34.5 Å². The van der Waals surface area contributed by atoms with Crippen molar-refractivity contribution in [2.75, 3.05) is 23.3 Å². The van der Waals surface area contributed by atoms with Crippen LogP contribution < -0.4 is 15.5 Å². The molecule has 2 amide bonds. The molecular weight excluding hydrogens is 540 g/mol. The summed E-state index contributed by atoms with van der Waals surface area (Å²) in [4.78, 5) is 39.7. The highest BCUT2D eigenvalue weighted by Gasteiger charge is 2.33. The number of alkyl halides is 3. The van der Waals surface area contributed by atoms with Gasteiger partial charge in [0.05, 0.1) is 23.3 Å². The van der Waals surface area contributed by atoms with Crippen LogP contribution in [0, 0.1) is 0 Å². The number of nitrogens with zero attached hydrogens (tertiary/aromatic N) is 4. The van der Waals surface area contributed by atoms with Crippen molar-refractivity contribution in [3.63, 3.8) is 0 Å². The minimum absolute atomic E-state index is 0.00464. The topological polar surface area (TPSA) is 100 Å². The molecule has 0 spiro atoms. The van der Waals surface area contributed by atoms with Crippen LogP contribution in [0.25, 0.3) is 0 Å². The first-order valence-electron chi connectivity index (χ1n) is 10.8. The fraction of sp³-hybridized carbons (Fsp3) is 0.318. The summed E-state index contributed by atoms with van der Waals surface area (Å²) in [7, 11) is 0. The number of benzene rings is 1. The number of nitrogens with one attached hydrogen (secondary N) is 2. The van der Waals surface area contributed by atoms with E-state index in [1.807, 2.05) is 4.90 Å². The lowest BCUT2D eigenvalue weighted by Gasteiger charge is -2.28. The maximum absolute atomic E-state index is 13.0. The van der Waals surface area contributed by atoms with E-state index in [9.17, 15) is 22.8 Å². The van der Waals surface area contributed by atoms with Crippen LogP contribution in [-0.2, 0) is 12.7 Å². The number of thiazole rings is 1. The standard InChI is InChI=1S/C22H19Cl2F3N6O2S/c23-14-5-4-12(8-13(14)22(25,26)27)32-20(34)15-9-28-16(36-15)10-29-21(35)18-17(24)19(31-11-30-18)33-6-2-1-3-7-33/h4-5,8-9,11H,1-3,6-7,10H2,(H,29,35)(H,32,34). The second kappa shape index (κ2) is 11.0. The van der Waals surface area contributed by atoms with Gasteiger partial charge in [0.1, 0.15) is 21.2 Å². The van der Waals surface area contributed by atoms with E-state index < -0.39 is 28.6 Å². The van der Waals surface area contributed by atoms with Crippen molar-refractivity contribution in [3.05, 3.63) is 61.9 Å². The van der Waals surface area contributed by atoms with Crippen molar-refractivity contribution in [2.45, 2.75) is 32.0 Å². The quantitative estimate of drug-likeness (QED) is 0.418.